The van der Waals surface area contributed by atoms with Crippen LogP contribution >= 0.6 is 11.3 Å². The van der Waals surface area contributed by atoms with Gasteiger partial charge in [-0.1, -0.05) is 34.1 Å². The van der Waals surface area contributed by atoms with Gasteiger partial charge in [-0.05, 0) is 42.2 Å². The number of hydrogen-bond acceptors (Lipinski definition) is 6. The average Bonchev–Trinajstić information content (AvgIpc) is 3.16. The third kappa shape index (κ3) is 7.78. The van der Waals surface area contributed by atoms with E-state index in [0.29, 0.717) is 21.9 Å². The topological polar surface area (TPSA) is 75.5 Å². The van der Waals surface area contributed by atoms with Gasteiger partial charge in [0.05, 0.1) is 5.56 Å². The summed E-state index contributed by atoms with van der Waals surface area (Å²) >= 11 is 1.53. The minimum Gasteiger partial charge on any atom is -0.483 e. The molecule has 0 spiro atoms. The Balaban J connectivity index is 0.00000114. The molecule has 0 amide bonds. The molecular weight excluding hydrogens is 436 g/mol. The zero-order valence-electron chi connectivity index (χ0n) is 19.1. The highest BCUT2D eigenvalue weighted by Crippen LogP contribution is 2.38. The Morgan fingerprint density at radius 2 is 2.06 bits per heavy atom. The number of likely N-dealkylation sites (tertiary alicyclic amines) is 1. The van der Waals surface area contributed by atoms with Gasteiger partial charge in [0.25, 0.3) is 6.47 Å². The fourth-order valence-electron chi connectivity index (χ4n) is 4.13. The second kappa shape index (κ2) is 12.2. The Morgan fingerprint density at radius 3 is 2.69 bits per heavy atom. The molecule has 178 valence electrons. The second-order valence-electron chi connectivity index (χ2n) is 9.12. The summed E-state index contributed by atoms with van der Waals surface area (Å²) in [4.78, 5) is 20.4. The average molecular weight is 470 g/mol. The van der Waals surface area contributed by atoms with Gasteiger partial charge in [0.2, 0.25) is 5.88 Å². The first kappa shape index (κ1) is 26.1. The highest BCUT2D eigenvalue weighted by molar-refractivity contribution is 7.15. The van der Waals surface area contributed by atoms with E-state index in [2.05, 4.69) is 47.3 Å². The quantitative estimate of drug-likeness (QED) is 0.517. The van der Waals surface area contributed by atoms with Crippen molar-refractivity contribution in [1.29, 1.82) is 0 Å². The van der Waals surface area contributed by atoms with Crippen molar-refractivity contribution in [2.75, 3.05) is 13.1 Å². The van der Waals surface area contributed by atoms with Crippen LogP contribution in [0, 0.1) is 17.3 Å². The third-order valence-corrected chi connectivity index (χ3v) is 6.69. The molecule has 0 aromatic carbocycles. The Labute approximate surface area is 192 Å². The van der Waals surface area contributed by atoms with Crippen LogP contribution in [-0.4, -0.2) is 46.1 Å². The lowest BCUT2D eigenvalue weighted by Crippen LogP contribution is -2.44. The van der Waals surface area contributed by atoms with E-state index in [0.717, 1.165) is 30.4 Å². The normalized spacial score (nSPS) is 19.3. The van der Waals surface area contributed by atoms with Crippen molar-refractivity contribution in [2.45, 2.75) is 60.1 Å². The van der Waals surface area contributed by atoms with Crippen molar-refractivity contribution in [2.24, 2.45) is 17.3 Å². The maximum Gasteiger partial charge on any atom is 0.388 e. The van der Waals surface area contributed by atoms with Crippen LogP contribution in [-0.2, 0) is 11.3 Å². The summed E-state index contributed by atoms with van der Waals surface area (Å²) in [5.74, 6) is 1.33. The molecule has 2 unspecified atom stereocenters. The summed E-state index contributed by atoms with van der Waals surface area (Å²) in [5.41, 5.74) is 0.805. The molecule has 1 N–H and O–H groups in total. The molecule has 32 heavy (non-hydrogen) atoms. The van der Waals surface area contributed by atoms with Crippen molar-refractivity contribution in [3.8, 4) is 16.5 Å². The van der Waals surface area contributed by atoms with Gasteiger partial charge in [0.15, 0.2) is 0 Å². The van der Waals surface area contributed by atoms with Gasteiger partial charge in [0, 0.05) is 36.9 Å². The number of thiazole rings is 1. The van der Waals surface area contributed by atoms with E-state index in [1.807, 2.05) is 6.20 Å². The van der Waals surface area contributed by atoms with Crippen molar-refractivity contribution in [1.82, 2.24) is 14.9 Å². The Kier molecular flexibility index (Phi) is 9.96. The van der Waals surface area contributed by atoms with Gasteiger partial charge in [-0.25, -0.2) is 9.97 Å². The lowest BCUT2D eigenvalue weighted by molar-refractivity contribution is -0.122. The minimum atomic E-state index is -2.90. The molecule has 0 aliphatic carbocycles. The van der Waals surface area contributed by atoms with Crippen LogP contribution in [0.25, 0.3) is 10.6 Å². The molecular formula is C23H33F2N3O3S. The Morgan fingerprint density at radius 1 is 1.34 bits per heavy atom. The third-order valence-electron chi connectivity index (χ3n) is 5.67. The molecule has 1 fully saturated rings. The largest absolute Gasteiger partial charge is 0.483 e. The lowest BCUT2D eigenvalue weighted by atomic mass is 9.72. The highest BCUT2D eigenvalue weighted by Gasteiger charge is 2.34. The van der Waals surface area contributed by atoms with E-state index < -0.39 is 6.61 Å². The van der Waals surface area contributed by atoms with E-state index in [-0.39, 0.29) is 12.4 Å². The van der Waals surface area contributed by atoms with Gasteiger partial charge < -0.3 is 9.84 Å². The van der Waals surface area contributed by atoms with Crippen LogP contribution in [0.5, 0.6) is 5.88 Å². The molecule has 1 saturated heterocycles. The van der Waals surface area contributed by atoms with Gasteiger partial charge in [-0.2, -0.15) is 8.78 Å². The smallest absolute Gasteiger partial charge is 0.388 e. The molecule has 2 aromatic heterocycles. The maximum absolute atomic E-state index is 12.7. The summed E-state index contributed by atoms with van der Waals surface area (Å²) in [6, 6.07) is 3.43. The second-order valence-corrected chi connectivity index (χ2v) is 10.2. The van der Waals surface area contributed by atoms with E-state index in [1.54, 1.807) is 12.1 Å². The van der Waals surface area contributed by atoms with Crippen molar-refractivity contribution < 1.29 is 23.4 Å². The number of aromatic nitrogens is 2. The molecule has 3 heterocycles. The molecule has 0 bridgehead atoms. The first-order valence-electron chi connectivity index (χ1n) is 10.8. The summed E-state index contributed by atoms with van der Waals surface area (Å²) in [5, 5.41) is 7.55. The molecule has 9 heteroatoms. The Hall–Kier alpha value is -2.13. The molecule has 0 saturated carbocycles. The highest BCUT2D eigenvalue weighted by atomic mass is 32.1. The predicted molar refractivity (Wildman–Crippen MR) is 122 cm³/mol. The van der Waals surface area contributed by atoms with Gasteiger partial charge >= 0.3 is 6.61 Å². The fraction of sp³-hybridized carbons (Fsp3) is 0.609. The SMILES string of the molecule is CCCC1CC(C(C)(C)C)CN(Cc2cnc(-c3cccnc3OC(F)F)s2)C1.O=CO. The number of rotatable bonds is 7. The number of carboxylic acid groups (broad SMARTS) is 1. The van der Waals surface area contributed by atoms with Crippen molar-refractivity contribution >= 4 is 17.8 Å². The lowest BCUT2D eigenvalue weighted by Gasteiger charge is -2.43. The summed E-state index contributed by atoms with van der Waals surface area (Å²) < 4.78 is 29.9. The zero-order valence-corrected chi connectivity index (χ0v) is 19.9. The van der Waals surface area contributed by atoms with Crippen molar-refractivity contribution in [3.05, 3.63) is 29.4 Å². The minimum absolute atomic E-state index is 0.0721. The number of hydrogen-bond donors (Lipinski definition) is 1. The van der Waals surface area contributed by atoms with Gasteiger partial charge in [-0.3, -0.25) is 9.69 Å². The molecule has 1 aliphatic heterocycles. The van der Waals surface area contributed by atoms with Crippen LogP contribution in [0.1, 0.15) is 51.8 Å². The van der Waals surface area contributed by atoms with Gasteiger partial charge in [0.1, 0.15) is 5.01 Å². The molecule has 0 radical (unpaired) electrons. The molecule has 2 atom stereocenters. The van der Waals surface area contributed by atoms with Crippen LogP contribution in [0.2, 0.25) is 0 Å². The van der Waals surface area contributed by atoms with Crippen molar-refractivity contribution in [3.63, 3.8) is 0 Å². The fourth-order valence-corrected chi connectivity index (χ4v) is 5.11. The first-order chi connectivity index (χ1) is 15.2. The summed E-state index contributed by atoms with van der Waals surface area (Å²) in [6.07, 6.45) is 7.08. The standard InChI is InChI=1S/C22H31F2N3OS.CH2O2/c1-5-7-15-10-16(22(2,3)4)13-27(12-15)14-17-11-26-20(29-17)18-8-6-9-25-19(18)28-21(23)24;2-1-3/h6,8-9,11,15-16,21H,5,7,10,12-14H2,1-4H3;1H,(H,2,3). The van der Waals surface area contributed by atoms with E-state index in [1.165, 1.54) is 36.8 Å². The van der Waals surface area contributed by atoms with Crippen LogP contribution in [0.3, 0.4) is 0 Å². The molecule has 3 rings (SSSR count). The predicted octanol–water partition coefficient (Wildman–Crippen LogP) is 5.79. The zero-order chi connectivity index (χ0) is 23.7. The van der Waals surface area contributed by atoms with E-state index in [4.69, 9.17) is 9.90 Å². The van der Waals surface area contributed by atoms with E-state index >= 15 is 0 Å². The van der Waals surface area contributed by atoms with Crippen LogP contribution in [0.15, 0.2) is 24.5 Å². The molecule has 1 aliphatic rings. The number of piperidine rings is 1. The molecule has 6 nitrogen and oxygen atoms in total. The summed E-state index contributed by atoms with van der Waals surface area (Å²) in [7, 11) is 0. The van der Waals surface area contributed by atoms with E-state index in [9.17, 15) is 8.78 Å². The number of alkyl halides is 2. The van der Waals surface area contributed by atoms with Gasteiger partial charge in [-0.15, -0.1) is 11.3 Å². The van der Waals surface area contributed by atoms with Crippen LogP contribution < -0.4 is 4.74 Å². The number of nitrogens with zero attached hydrogens (tertiary/aromatic N) is 3. The molecule has 2 aromatic rings. The maximum atomic E-state index is 12.7. The number of pyridine rings is 1. The Bertz CT molecular complexity index is 842. The number of halogens is 2. The monoisotopic (exact) mass is 469 g/mol. The first-order valence-corrected chi connectivity index (χ1v) is 11.6. The number of ether oxygens (including phenoxy) is 1. The van der Waals surface area contributed by atoms with Crippen LogP contribution in [0.4, 0.5) is 8.78 Å². The number of carbonyl (C=O) groups is 1. The summed E-state index contributed by atoms with van der Waals surface area (Å²) in [6.45, 7) is 9.15.